The summed E-state index contributed by atoms with van der Waals surface area (Å²) in [6.07, 6.45) is 3.45. The van der Waals surface area contributed by atoms with Crippen molar-refractivity contribution >= 4 is 34.8 Å². The van der Waals surface area contributed by atoms with E-state index in [2.05, 4.69) is 18.0 Å². The fourth-order valence-electron chi connectivity index (χ4n) is 2.58. The van der Waals surface area contributed by atoms with Gasteiger partial charge in [-0.3, -0.25) is 0 Å². The van der Waals surface area contributed by atoms with E-state index >= 15 is 0 Å². The molecule has 0 fully saturated rings. The minimum Gasteiger partial charge on any atom is -0.398 e. The highest BCUT2D eigenvalue weighted by molar-refractivity contribution is 5.94. The van der Waals surface area contributed by atoms with E-state index in [1.54, 1.807) is 0 Å². The van der Waals surface area contributed by atoms with Gasteiger partial charge in [0, 0.05) is 30.2 Å². The number of nitrogen functional groups attached to an aromatic ring is 1. The van der Waals surface area contributed by atoms with Gasteiger partial charge in [-0.2, -0.15) is 0 Å². The number of para-hydroxylation sites is 1. The van der Waals surface area contributed by atoms with E-state index in [1.165, 1.54) is 18.4 Å². The third kappa shape index (κ3) is 1.99. The lowest BCUT2D eigenvalue weighted by Crippen LogP contribution is -2.19. The summed E-state index contributed by atoms with van der Waals surface area (Å²) >= 11 is 0. The smallest absolute Gasteiger partial charge is 0.134 e. The molecular formula is C14H18ClN3. The van der Waals surface area contributed by atoms with Gasteiger partial charge in [-0.05, 0) is 25.3 Å². The average Bonchev–Trinajstić information content (AvgIpc) is 2.53. The highest BCUT2D eigenvalue weighted by Crippen LogP contribution is 2.33. The normalized spacial score (nSPS) is 14.8. The minimum atomic E-state index is 0. The summed E-state index contributed by atoms with van der Waals surface area (Å²) in [5.74, 6) is 1.07. The van der Waals surface area contributed by atoms with Crippen LogP contribution in [0.4, 0.5) is 11.5 Å². The van der Waals surface area contributed by atoms with E-state index in [0.29, 0.717) is 0 Å². The van der Waals surface area contributed by atoms with Crippen LogP contribution in [0.2, 0.25) is 0 Å². The van der Waals surface area contributed by atoms with Gasteiger partial charge in [-0.25, -0.2) is 4.98 Å². The quantitative estimate of drug-likeness (QED) is 0.795. The van der Waals surface area contributed by atoms with Gasteiger partial charge in [-0.1, -0.05) is 18.2 Å². The lowest BCUT2D eigenvalue weighted by molar-refractivity contribution is 0.749. The van der Waals surface area contributed by atoms with Gasteiger partial charge >= 0.3 is 0 Å². The standard InChI is InChI=1S/C14H17N3.ClH/c1-17-9-5-4-7-11-13(15)10-6-2-3-8-12(10)16-14(11)17;/h2-3,6,8H,4-5,7,9H2,1H3,(H2,15,16);1H. The highest BCUT2D eigenvalue weighted by Gasteiger charge is 2.18. The SMILES string of the molecule is CN1CCCCc2c1nc1ccccc1c2N.Cl. The molecule has 0 saturated carbocycles. The minimum absolute atomic E-state index is 0. The monoisotopic (exact) mass is 263 g/mol. The topological polar surface area (TPSA) is 42.2 Å². The first-order valence-electron chi connectivity index (χ1n) is 6.15. The molecule has 3 rings (SSSR count). The van der Waals surface area contributed by atoms with Gasteiger partial charge in [0.25, 0.3) is 0 Å². The van der Waals surface area contributed by atoms with E-state index in [9.17, 15) is 0 Å². The predicted octanol–water partition coefficient (Wildman–Crippen LogP) is 3.01. The zero-order valence-corrected chi connectivity index (χ0v) is 11.3. The van der Waals surface area contributed by atoms with Crippen molar-refractivity contribution in [2.45, 2.75) is 19.3 Å². The number of halogens is 1. The summed E-state index contributed by atoms with van der Waals surface area (Å²) in [5.41, 5.74) is 9.44. The number of pyridine rings is 1. The van der Waals surface area contributed by atoms with E-state index in [1.807, 2.05) is 18.2 Å². The van der Waals surface area contributed by atoms with Crippen molar-refractivity contribution in [2.75, 3.05) is 24.2 Å². The van der Waals surface area contributed by atoms with E-state index in [0.717, 1.165) is 35.4 Å². The zero-order valence-electron chi connectivity index (χ0n) is 10.5. The fourth-order valence-corrected chi connectivity index (χ4v) is 2.58. The molecule has 1 aromatic heterocycles. The Kier molecular flexibility index (Phi) is 3.62. The molecular weight excluding hydrogens is 246 g/mol. The van der Waals surface area contributed by atoms with Gasteiger partial charge < -0.3 is 10.6 Å². The van der Waals surface area contributed by atoms with Crippen LogP contribution in [0.25, 0.3) is 10.9 Å². The molecule has 2 N–H and O–H groups in total. The van der Waals surface area contributed by atoms with Crippen molar-refractivity contribution in [3.8, 4) is 0 Å². The van der Waals surface area contributed by atoms with Crippen molar-refractivity contribution in [3.63, 3.8) is 0 Å². The Balaban J connectivity index is 0.00000120. The van der Waals surface area contributed by atoms with Crippen LogP contribution < -0.4 is 10.6 Å². The van der Waals surface area contributed by atoms with Crippen LogP contribution in [-0.4, -0.2) is 18.6 Å². The van der Waals surface area contributed by atoms with E-state index in [4.69, 9.17) is 10.7 Å². The Hall–Kier alpha value is -1.48. The molecule has 3 nitrogen and oxygen atoms in total. The number of nitrogens with two attached hydrogens (primary N) is 1. The molecule has 0 unspecified atom stereocenters. The fraction of sp³-hybridized carbons (Fsp3) is 0.357. The Bertz CT molecular complexity index is 568. The van der Waals surface area contributed by atoms with Crippen molar-refractivity contribution in [3.05, 3.63) is 29.8 Å². The van der Waals surface area contributed by atoms with Crippen LogP contribution in [0.1, 0.15) is 18.4 Å². The molecule has 0 spiro atoms. The lowest BCUT2D eigenvalue weighted by Gasteiger charge is -2.20. The van der Waals surface area contributed by atoms with Crippen LogP contribution in [0, 0.1) is 0 Å². The molecule has 0 aliphatic carbocycles. The number of aromatic nitrogens is 1. The van der Waals surface area contributed by atoms with Crippen LogP contribution in [0.15, 0.2) is 24.3 Å². The third-order valence-electron chi connectivity index (χ3n) is 3.55. The molecule has 0 radical (unpaired) electrons. The van der Waals surface area contributed by atoms with Gasteiger partial charge in [-0.15, -0.1) is 12.4 Å². The third-order valence-corrected chi connectivity index (χ3v) is 3.55. The number of anilines is 2. The number of hydrogen-bond acceptors (Lipinski definition) is 3. The van der Waals surface area contributed by atoms with Crippen LogP contribution in [-0.2, 0) is 6.42 Å². The van der Waals surface area contributed by atoms with Crippen molar-refractivity contribution < 1.29 is 0 Å². The Labute approximate surface area is 113 Å². The van der Waals surface area contributed by atoms with Crippen molar-refractivity contribution in [1.29, 1.82) is 0 Å². The van der Waals surface area contributed by atoms with Crippen LogP contribution >= 0.6 is 12.4 Å². The molecule has 2 aromatic rings. The van der Waals surface area contributed by atoms with Gasteiger partial charge in [0.15, 0.2) is 0 Å². The summed E-state index contributed by atoms with van der Waals surface area (Å²) in [6, 6.07) is 8.12. The summed E-state index contributed by atoms with van der Waals surface area (Å²) < 4.78 is 0. The van der Waals surface area contributed by atoms with Crippen molar-refractivity contribution in [2.24, 2.45) is 0 Å². The molecule has 1 aliphatic heterocycles. The molecule has 2 heterocycles. The molecule has 4 heteroatoms. The second-order valence-corrected chi connectivity index (χ2v) is 4.72. The maximum Gasteiger partial charge on any atom is 0.134 e. The summed E-state index contributed by atoms with van der Waals surface area (Å²) in [5, 5.41) is 1.08. The number of benzene rings is 1. The number of hydrogen-bond donors (Lipinski definition) is 1. The first-order chi connectivity index (χ1) is 8.27. The molecule has 96 valence electrons. The molecule has 0 saturated heterocycles. The van der Waals surface area contributed by atoms with Crippen LogP contribution in [0.3, 0.4) is 0 Å². The van der Waals surface area contributed by atoms with E-state index in [-0.39, 0.29) is 12.4 Å². The molecule has 1 aliphatic rings. The largest absolute Gasteiger partial charge is 0.398 e. The maximum atomic E-state index is 6.30. The number of rotatable bonds is 0. The summed E-state index contributed by atoms with van der Waals surface area (Å²) in [4.78, 5) is 6.99. The van der Waals surface area contributed by atoms with E-state index < -0.39 is 0 Å². The first-order valence-corrected chi connectivity index (χ1v) is 6.15. The second-order valence-electron chi connectivity index (χ2n) is 4.72. The van der Waals surface area contributed by atoms with Gasteiger partial charge in [0.2, 0.25) is 0 Å². The lowest BCUT2D eigenvalue weighted by atomic mass is 10.0. The number of nitrogens with zero attached hydrogens (tertiary/aromatic N) is 2. The number of fused-ring (bicyclic) bond motifs is 2. The Morgan fingerprint density at radius 1 is 1.22 bits per heavy atom. The summed E-state index contributed by atoms with van der Waals surface area (Å²) in [6.45, 7) is 1.07. The second kappa shape index (κ2) is 5.02. The average molecular weight is 264 g/mol. The highest BCUT2D eigenvalue weighted by atomic mass is 35.5. The Morgan fingerprint density at radius 2 is 2.00 bits per heavy atom. The first kappa shape index (κ1) is 13.0. The predicted molar refractivity (Wildman–Crippen MR) is 79.6 cm³/mol. The summed E-state index contributed by atoms with van der Waals surface area (Å²) in [7, 11) is 2.10. The van der Waals surface area contributed by atoms with Crippen molar-refractivity contribution in [1.82, 2.24) is 4.98 Å². The maximum absolute atomic E-state index is 6.30. The molecule has 0 bridgehead atoms. The molecule has 18 heavy (non-hydrogen) atoms. The zero-order chi connectivity index (χ0) is 11.8. The van der Waals surface area contributed by atoms with Gasteiger partial charge in [0.1, 0.15) is 5.82 Å². The molecule has 0 amide bonds. The molecule has 1 aromatic carbocycles. The van der Waals surface area contributed by atoms with Gasteiger partial charge in [0.05, 0.1) is 5.52 Å². The van der Waals surface area contributed by atoms with Crippen LogP contribution in [0.5, 0.6) is 0 Å². The Morgan fingerprint density at radius 3 is 2.83 bits per heavy atom. The molecule has 0 atom stereocenters.